The van der Waals surface area contributed by atoms with Gasteiger partial charge in [0.2, 0.25) is 5.91 Å². The first-order valence-electron chi connectivity index (χ1n) is 14.4. The van der Waals surface area contributed by atoms with E-state index in [1.165, 1.54) is 0 Å². The first-order valence-corrected chi connectivity index (χ1v) is 14.4. The lowest BCUT2D eigenvalue weighted by atomic mass is 9.80. The van der Waals surface area contributed by atoms with Crippen molar-refractivity contribution in [3.8, 4) is 17.6 Å². The van der Waals surface area contributed by atoms with Crippen molar-refractivity contribution in [2.24, 2.45) is 29.1 Å². The van der Waals surface area contributed by atoms with Gasteiger partial charge in [0, 0.05) is 32.6 Å². The third-order valence-corrected chi connectivity index (χ3v) is 7.62. The molecule has 1 fully saturated rings. The molecule has 1 aromatic carbocycles. The molecule has 1 saturated heterocycles. The SMILES string of the molecule is COCCCOc1cc(CC(C[C@@H]2NC(=O)O[C@H]2CC(C(=O)NCC(C)(C)C#N)C(C)C)C(C)C)ccc1OC. The van der Waals surface area contributed by atoms with Gasteiger partial charge in [0.25, 0.3) is 0 Å². The standard InChI is InChI=1S/C31H49N3O6/c1-20(2)23(14-22-10-11-26(38-8)28(15-22)39-13-9-12-37-7)16-25-27(40-30(36)34-25)17-24(21(3)4)29(35)33-19-31(5,6)18-32/h10-11,15,20-21,23-25,27H,9,12-14,16-17,19H2,1-8H3,(H,33,35)(H,34,36)/t23?,24?,25-,27-/m0/s1. The van der Waals surface area contributed by atoms with Crippen molar-refractivity contribution < 1.29 is 28.5 Å². The summed E-state index contributed by atoms with van der Waals surface area (Å²) in [6.07, 6.45) is 1.87. The average molecular weight is 560 g/mol. The fraction of sp³-hybridized carbons (Fsp3) is 0.710. The van der Waals surface area contributed by atoms with E-state index in [-0.39, 0.29) is 36.2 Å². The van der Waals surface area contributed by atoms with Crippen LogP contribution in [-0.4, -0.2) is 58.1 Å². The summed E-state index contributed by atoms with van der Waals surface area (Å²) in [6, 6.07) is 8.03. The summed E-state index contributed by atoms with van der Waals surface area (Å²) in [5, 5.41) is 15.2. The van der Waals surface area contributed by atoms with Gasteiger partial charge in [0.05, 0.1) is 31.2 Å². The number of carbonyl (C=O) groups is 2. The first kappa shape index (κ1) is 33.2. The normalized spacial score (nSPS) is 18.6. The average Bonchev–Trinajstić information content (AvgIpc) is 3.26. The van der Waals surface area contributed by atoms with Crippen LogP contribution in [0.1, 0.15) is 66.4 Å². The number of cyclic esters (lactones) is 1. The number of nitrogens with zero attached hydrogens (tertiary/aromatic N) is 1. The second kappa shape index (κ2) is 15.7. The summed E-state index contributed by atoms with van der Waals surface area (Å²) < 4.78 is 22.3. The molecule has 4 atom stereocenters. The van der Waals surface area contributed by atoms with Crippen LogP contribution in [0.5, 0.6) is 11.5 Å². The topological polar surface area (TPSA) is 119 Å². The molecule has 0 bridgehead atoms. The number of amides is 2. The van der Waals surface area contributed by atoms with E-state index in [0.29, 0.717) is 37.1 Å². The van der Waals surface area contributed by atoms with Crippen molar-refractivity contribution in [1.29, 1.82) is 5.26 Å². The van der Waals surface area contributed by atoms with Gasteiger partial charge in [-0.05, 0) is 68.6 Å². The van der Waals surface area contributed by atoms with Gasteiger partial charge in [-0.3, -0.25) is 4.79 Å². The minimum Gasteiger partial charge on any atom is -0.493 e. The molecular formula is C31H49N3O6. The van der Waals surface area contributed by atoms with E-state index < -0.39 is 17.6 Å². The third-order valence-electron chi connectivity index (χ3n) is 7.62. The van der Waals surface area contributed by atoms with Crippen LogP contribution in [0.25, 0.3) is 0 Å². The van der Waals surface area contributed by atoms with Gasteiger partial charge in [0.1, 0.15) is 6.10 Å². The van der Waals surface area contributed by atoms with Crippen LogP contribution in [0, 0.1) is 40.4 Å². The second-order valence-electron chi connectivity index (χ2n) is 12.1. The van der Waals surface area contributed by atoms with E-state index in [1.54, 1.807) is 28.1 Å². The van der Waals surface area contributed by atoms with Crippen molar-refractivity contribution in [1.82, 2.24) is 10.6 Å². The number of alkyl carbamates (subject to hydrolysis) is 1. The van der Waals surface area contributed by atoms with E-state index in [1.807, 2.05) is 26.0 Å². The van der Waals surface area contributed by atoms with E-state index >= 15 is 0 Å². The van der Waals surface area contributed by atoms with Gasteiger partial charge < -0.3 is 29.6 Å². The van der Waals surface area contributed by atoms with E-state index in [4.69, 9.17) is 18.9 Å². The van der Waals surface area contributed by atoms with Crippen molar-refractivity contribution in [2.75, 3.05) is 34.0 Å². The third kappa shape index (κ3) is 10.2. The Morgan fingerprint density at radius 1 is 1.12 bits per heavy atom. The molecule has 224 valence electrons. The van der Waals surface area contributed by atoms with Crippen LogP contribution in [0.15, 0.2) is 18.2 Å². The minimum absolute atomic E-state index is 0.0488. The number of ether oxygens (including phenoxy) is 4. The highest BCUT2D eigenvalue weighted by atomic mass is 16.6. The molecule has 1 aliphatic rings. The molecule has 0 saturated carbocycles. The summed E-state index contributed by atoms with van der Waals surface area (Å²) in [6.45, 7) is 13.4. The summed E-state index contributed by atoms with van der Waals surface area (Å²) in [7, 11) is 3.30. The molecule has 0 radical (unpaired) electrons. The highest BCUT2D eigenvalue weighted by molar-refractivity contribution is 5.79. The molecule has 1 aliphatic heterocycles. The maximum atomic E-state index is 13.1. The molecule has 1 heterocycles. The molecule has 40 heavy (non-hydrogen) atoms. The maximum Gasteiger partial charge on any atom is 0.407 e. The van der Waals surface area contributed by atoms with Gasteiger partial charge in [-0.1, -0.05) is 33.8 Å². The largest absolute Gasteiger partial charge is 0.493 e. The highest BCUT2D eigenvalue weighted by Crippen LogP contribution is 2.33. The zero-order chi connectivity index (χ0) is 29.9. The van der Waals surface area contributed by atoms with Crippen molar-refractivity contribution in [3.05, 3.63) is 23.8 Å². The Kier molecular flexibility index (Phi) is 13.0. The predicted molar refractivity (Wildman–Crippen MR) is 154 cm³/mol. The molecule has 0 aliphatic carbocycles. The molecule has 9 heteroatoms. The zero-order valence-electron chi connectivity index (χ0n) is 25.5. The number of methoxy groups -OCH3 is 2. The van der Waals surface area contributed by atoms with Gasteiger partial charge in [-0.15, -0.1) is 0 Å². The number of benzene rings is 1. The molecule has 2 amide bonds. The number of hydrogen-bond donors (Lipinski definition) is 2. The summed E-state index contributed by atoms with van der Waals surface area (Å²) in [5.41, 5.74) is 0.476. The number of carbonyl (C=O) groups excluding carboxylic acids is 2. The number of nitriles is 1. The van der Waals surface area contributed by atoms with Crippen LogP contribution < -0.4 is 20.1 Å². The summed E-state index contributed by atoms with van der Waals surface area (Å²) >= 11 is 0. The van der Waals surface area contributed by atoms with Crippen molar-refractivity contribution in [2.45, 2.75) is 79.4 Å². The summed E-state index contributed by atoms with van der Waals surface area (Å²) in [5.74, 6) is 1.60. The lowest BCUT2D eigenvalue weighted by Gasteiger charge is -2.29. The van der Waals surface area contributed by atoms with Gasteiger partial charge in [-0.2, -0.15) is 5.26 Å². The van der Waals surface area contributed by atoms with Gasteiger partial charge >= 0.3 is 6.09 Å². The maximum absolute atomic E-state index is 13.1. The Hall–Kier alpha value is -2.99. The van der Waals surface area contributed by atoms with Crippen LogP contribution in [-0.2, 0) is 20.7 Å². The molecule has 2 N–H and O–H groups in total. The lowest BCUT2D eigenvalue weighted by Crippen LogP contribution is -2.42. The zero-order valence-corrected chi connectivity index (χ0v) is 25.5. The van der Waals surface area contributed by atoms with Crippen molar-refractivity contribution >= 4 is 12.0 Å². The Labute approximate surface area is 240 Å². The lowest BCUT2D eigenvalue weighted by molar-refractivity contribution is -0.127. The molecule has 1 aromatic rings. The first-order chi connectivity index (χ1) is 18.9. The van der Waals surface area contributed by atoms with Gasteiger partial charge in [0.15, 0.2) is 11.5 Å². The highest BCUT2D eigenvalue weighted by Gasteiger charge is 2.39. The van der Waals surface area contributed by atoms with Gasteiger partial charge in [-0.25, -0.2) is 4.79 Å². The van der Waals surface area contributed by atoms with Crippen molar-refractivity contribution in [3.63, 3.8) is 0 Å². The number of rotatable bonds is 17. The smallest absolute Gasteiger partial charge is 0.407 e. The number of nitrogens with one attached hydrogen (secondary N) is 2. The quantitative estimate of drug-likeness (QED) is 0.254. The van der Waals surface area contributed by atoms with Crippen LogP contribution >= 0.6 is 0 Å². The predicted octanol–water partition coefficient (Wildman–Crippen LogP) is 5.12. The second-order valence-corrected chi connectivity index (χ2v) is 12.1. The fourth-order valence-electron chi connectivity index (χ4n) is 4.90. The molecule has 2 rings (SSSR count). The molecule has 0 spiro atoms. The van der Waals surface area contributed by atoms with E-state index in [2.05, 4.69) is 36.6 Å². The summed E-state index contributed by atoms with van der Waals surface area (Å²) in [4.78, 5) is 25.4. The molecule has 0 aromatic heterocycles. The van der Waals surface area contributed by atoms with Crippen LogP contribution in [0.4, 0.5) is 4.79 Å². The number of hydrogen-bond acceptors (Lipinski definition) is 7. The Balaban J connectivity index is 2.13. The minimum atomic E-state index is -0.651. The van der Waals surface area contributed by atoms with E-state index in [9.17, 15) is 14.9 Å². The Morgan fingerprint density at radius 2 is 1.85 bits per heavy atom. The van der Waals surface area contributed by atoms with Crippen LogP contribution in [0.2, 0.25) is 0 Å². The molecular weight excluding hydrogens is 510 g/mol. The van der Waals surface area contributed by atoms with E-state index in [0.717, 1.165) is 24.8 Å². The molecule has 9 nitrogen and oxygen atoms in total. The fourth-order valence-corrected chi connectivity index (χ4v) is 4.90. The Bertz CT molecular complexity index is 1000. The van der Waals surface area contributed by atoms with Crippen LogP contribution in [0.3, 0.4) is 0 Å². The Morgan fingerprint density at radius 3 is 2.45 bits per heavy atom. The monoisotopic (exact) mass is 559 g/mol. The molecule has 2 unspecified atom stereocenters.